The van der Waals surface area contributed by atoms with Crippen molar-refractivity contribution >= 4 is 17.9 Å². The Morgan fingerprint density at radius 2 is 0.643 bits per heavy atom. The fourth-order valence-electron chi connectivity index (χ4n) is 11.0. The molecule has 0 saturated carbocycles. The van der Waals surface area contributed by atoms with Crippen LogP contribution in [0.1, 0.15) is 367 Å². The SMILES string of the molecule is CCCCCC/C=C\C/C=C\CCCCCCCCCC(=O)OC(COC(=O)CCCCCCCCCCCCCCCCCCCCCCCCCCCCCCC/C=C\CCCCCCCCCC)COC(OCC[N+](C)(C)C)C(=O)[O-]. The molecule has 494 valence electrons. The molecule has 2 unspecified atom stereocenters. The number of nitrogens with zero attached hydrogens (tertiary/aromatic N) is 1. The number of carboxylic acids is 1. The lowest BCUT2D eigenvalue weighted by molar-refractivity contribution is -0.870. The molecule has 2 atom stereocenters. The lowest BCUT2D eigenvalue weighted by atomic mass is 10.0. The summed E-state index contributed by atoms with van der Waals surface area (Å²) >= 11 is 0. The molecule has 0 N–H and O–H groups in total. The summed E-state index contributed by atoms with van der Waals surface area (Å²) < 4.78 is 22.8. The van der Waals surface area contributed by atoms with E-state index in [1.165, 1.54) is 283 Å². The van der Waals surface area contributed by atoms with Gasteiger partial charge >= 0.3 is 11.9 Å². The quantitative estimate of drug-likeness (QED) is 0.0195. The highest BCUT2D eigenvalue weighted by Gasteiger charge is 2.22. The molecule has 0 aliphatic heterocycles. The van der Waals surface area contributed by atoms with Gasteiger partial charge in [0.1, 0.15) is 13.2 Å². The number of esters is 2. The van der Waals surface area contributed by atoms with E-state index >= 15 is 0 Å². The maximum absolute atomic E-state index is 12.9. The van der Waals surface area contributed by atoms with E-state index in [1.54, 1.807) is 0 Å². The van der Waals surface area contributed by atoms with Crippen LogP contribution in [0.5, 0.6) is 0 Å². The van der Waals surface area contributed by atoms with Crippen LogP contribution < -0.4 is 5.11 Å². The highest BCUT2D eigenvalue weighted by atomic mass is 16.7. The van der Waals surface area contributed by atoms with Gasteiger partial charge < -0.3 is 33.3 Å². The van der Waals surface area contributed by atoms with E-state index in [-0.39, 0.29) is 32.2 Å². The number of carboxylic acid groups (broad SMARTS) is 1. The topological polar surface area (TPSA) is 111 Å². The van der Waals surface area contributed by atoms with Gasteiger partial charge in [0.25, 0.3) is 0 Å². The number of hydrogen-bond donors (Lipinski definition) is 0. The Hall–Kier alpha value is -2.49. The molecule has 0 spiro atoms. The predicted molar refractivity (Wildman–Crippen MR) is 357 cm³/mol. The Kier molecular flexibility index (Phi) is 64.5. The number of likely N-dealkylation sites (N-methyl/N-ethyl adjacent to an activating group) is 1. The molecular formula is C75H141NO8. The minimum Gasteiger partial charge on any atom is -0.545 e. The van der Waals surface area contributed by atoms with Crippen molar-refractivity contribution in [3.8, 4) is 0 Å². The average molecular weight is 1180 g/mol. The molecular weight excluding hydrogens is 1040 g/mol. The van der Waals surface area contributed by atoms with Gasteiger partial charge in [-0.2, -0.15) is 0 Å². The number of carbonyl (C=O) groups is 3. The smallest absolute Gasteiger partial charge is 0.306 e. The van der Waals surface area contributed by atoms with Crippen LogP contribution in [0, 0.1) is 0 Å². The number of aliphatic carboxylic acids is 1. The van der Waals surface area contributed by atoms with Crippen LogP contribution in [0.3, 0.4) is 0 Å². The largest absolute Gasteiger partial charge is 0.545 e. The van der Waals surface area contributed by atoms with Crippen LogP contribution in [0.25, 0.3) is 0 Å². The summed E-state index contributed by atoms with van der Waals surface area (Å²) in [6, 6.07) is 0. The predicted octanol–water partition coefficient (Wildman–Crippen LogP) is 21.4. The Balaban J connectivity index is 3.90. The van der Waals surface area contributed by atoms with Gasteiger partial charge in [0, 0.05) is 12.8 Å². The van der Waals surface area contributed by atoms with Crippen molar-refractivity contribution < 1.29 is 42.9 Å². The number of ether oxygens (including phenoxy) is 4. The summed E-state index contributed by atoms with van der Waals surface area (Å²) in [6.07, 6.45) is 81.2. The monoisotopic (exact) mass is 1180 g/mol. The third kappa shape index (κ3) is 67.0. The third-order valence-corrected chi connectivity index (χ3v) is 16.6. The van der Waals surface area contributed by atoms with Crippen LogP contribution in [-0.2, 0) is 33.3 Å². The standard InChI is InChI=1S/C75H141NO8/c1-6-8-10-12-14-16-18-20-22-24-26-27-28-29-30-31-32-33-34-35-36-37-38-39-40-41-42-43-44-45-46-47-48-50-51-53-55-57-59-61-63-65-72(77)82-69-71(70-83-75(74(79)80)81-68-67-76(3,4)5)84-73(78)66-64-62-60-58-56-54-52-49-25-23-21-19-17-15-13-11-9-7-2/h17,19,23-26,71,75H,6-16,18,20-22,27-70H2,1-5H3/b19-17-,25-23-,26-24-. The molecule has 0 amide bonds. The first-order valence-electron chi connectivity index (χ1n) is 36.6. The molecule has 0 radical (unpaired) electrons. The highest BCUT2D eigenvalue weighted by molar-refractivity contribution is 5.70. The fourth-order valence-corrected chi connectivity index (χ4v) is 11.0. The maximum Gasteiger partial charge on any atom is 0.306 e. The van der Waals surface area contributed by atoms with Gasteiger partial charge in [-0.1, -0.05) is 320 Å². The molecule has 0 aromatic carbocycles. The van der Waals surface area contributed by atoms with Crippen LogP contribution >= 0.6 is 0 Å². The second-order valence-corrected chi connectivity index (χ2v) is 26.2. The van der Waals surface area contributed by atoms with E-state index in [9.17, 15) is 19.5 Å². The zero-order valence-corrected chi connectivity index (χ0v) is 56.6. The Bertz CT molecular complexity index is 1470. The fraction of sp³-hybridized carbons (Fsp3) is 0.880. The maximum atomic E-state index is 12.9. The number of rotatable bonds is 69. The zero-order chi connectivity index (χ0) is 61.2. The number of hydrogen-bond acceptors (Lipinski definition) is 8. The highest BCUT2D eigenvalue weighted by Crippen LogP contribution is 2.19. The molecule has 0 aliphatic carbocycles. The van der Waals surface area contributed by atoms with Crippen LogP contribution in [0.15, 0.2) is 36.5 Å². The molecule has 0 fully saturated rings. The van der Waals surface area contributed by atoms with E-state index in [0.717, 1.165) is 51.4 Å². The Morgan fingerprint density at radius 1 is 0.357 bits per heavy atom. The van der Waals surface area contributed by atoms with Gasteiger partial charge in [-0.3, -0.25) is 9.59 Å². The molecule has 0 bridgehead atoms. The molecule has 0 aromatic heterocycles. The molecule has 0 saturated heterocycles. The van der Waals surface area contributed by atoms with Crippen molar-refractivity contribution in [1.29, 1.82) is 0 Å². The van der Waals surface area contributed by atoms with E-state index < -0.39 is 24.3 Å². The van der Waals surface area contributed by atoms with Gasteiger partial charge in [-0.15, -0.1) is 0 Å². The van der Waals surface area contributed by atoms with Crippen molar-refractivity contribution in [1.82, 2.24) is 0 Å². The number of allylic oxidation sites excluding steroid dienone is 6. The van der Waals surface area contributed by atoms with E-state index in [1.807, 2.05) is 21.1 Å². The molecule has 9 nitrogen and oxygen atoms in total. The number of unbranched alkanes of at least 4 members (excludes halogenated alkanes) is 48. The molecule has 0 aromatic rings. The number of carbonyl (C=O) groups excluding carboxylic acids is 3. The van der Waals surface area contributed by atoms with Crippen LogP contribution in [0.4, 0.5) is 0 Å². The first-order valence-corrected chi connectivity index (χ1v) is 36.6. The average Bonchev–Trinajstić information content (AvgIpc) is 3.55. The Morgan fingerprint density at radius 3 is 0.964 bits per heavy atom. The van der Waals surface area contributed by atoms with E-state index in [2.05, 4.69) is 50.3 Å². The second-order valence-electron chi connectivity index (χ2n) is 26.2. The minimum absolute atomic E-state index is 0.148. The van der Waals surface area contributed by atoms with Gasteiger partial charge in [0.2, 0.25) is 0 Å². The van der Waals surface area contributed by atoms with Crippen molar-refractivity contribution in [2.24, 2.45) is 0 Å². The summed E-state index contributed by atoms with van der Waals surface area (Å²) in [7, 11) is 5.93. The molecule has 0 aliphatic rings. The first kappa shape index (κ1) is 81.5. The number of quaternary nitrogens is 1. The lowest BCUT2D eigenvalue weighted by Crippen LogP contribution is -2.44. The summed E-state index contributed by atoms with van der Waals surface area (Å²) in [5.41, 5.74) is 0. The molecule has 0 heterocycles. The normalized spacial score (nSPS) is 12.8. The first-order chi connectivity index (χ1) is 41.1. The van der Waals surface area contributed by atoms with E-state index in [4.69, 9.17) is 18.9 Å². The summed E-state index contributed by atoms with van der Waals surface area (Å²) in [4.78, 5) is 37.4. The zero-order valence-electron chi connectivity index (χ0n) is 56.6. The van der Waals surface area contributed by atoms with Crippen molar-refractivity contribution in [3.05, 3.63) is 36.5 Å². The van der Waals surface area contributed by atoms with Gasteiger partial charge in [0.05, 0.1) is 40.3 Å². The van der Waals surface area contributed by atoms with Crippen molar-refractivity contribution in [2.45, 2.75) is 379 Å². The molecule has 84 heavy (non-hydrogen) atoms. The summed E-state index contributed by atoms with van der Waals surface area (Å²) in [5.74, 6) is -2.27. The second kappa shape index (κ2) is 66.5. The molecule has 0 rings (SSSR count). The van der Waals surface area contributed by atoms with Crippen molar-refractivity contribution in [3.63, 3.8) is 0 Å². The van der Waals surface area contributed by atoms with E-state index in [0.29, 0.717) is 23.9 Å². The van der Waals surface area contributed by atoms with Crippen LogP contribution in [-0.4, -0.2) is 82.3 Å². The van der Waals surface area contributed by atoms with Crippen LogP contribution in [0.2, 0.25) is 0 Å². The van der Waals surface area contributed by atoms with Gasteiger partial charge in [-0.05, 0) is 70.6 Å². The van der Waals surface area contributed by atoms with Gasteiger partial charge in [0.15, 0.2) is 12.4 Å². The third-order valence-electron chi connectivity index (χ3n) is 16.6. The lowest BCUT2D eigenvalue weighted by Gasteiger charge is -2.26. The molecule has 9 heteroatoms. The van der Waals surface area contributed by atoms with Crippen molar-refractivity contribution in [2.75, 3.05) is 47.5 Å². The summed E-state index contributed by atoms with van der Waals surface area (Å²) in [5, 5.41) is 11.8. The Labute approximate surface area is 521 Å². The van der Waals surface area contributed by atoms with Gasteiger partial charge in [-0.25, -0.2) is 0 Å². The summed E-state index contributed by atoms with van der Waals surface area (Å²) in [6.45, 7) is 4.77. The minimum atomic E-state index is -1.62.